The van der Waals surface area contributed by atoms with Crippen LogP contribution in [0.5, 0.6) is 5.88 Å². The molecule has 0 bridgehead atoms. The Morgan fingerprint density at radius 3 is 2.55 bits per heavy atom. The quantitative estimate of drug-likeness (QED) is 0.671. The number of pyridine rings is 1. The zero-order valence-electron chi connectivity index (χ0n) is 17.3. The van der Waals surface area contributed by atoms with Crippen LogP contribution in [0.3, 0.4) is 0 Å². The number of hydrogen-bond acceptors (Lipinski definition) is 6. The third kappa shape index (κ3) is 3.50. The first kappa shape index (κ1) is 20.4. The van der Waals surface area contributed by atoms with Gasteiger partial charge in [-0.15, -0.1) is 0 Å². The van der Waals surface area contributed by atoms with Crippen molar-refractivity contribution in [3.63, 3.8) is 0 Å². The number of amides is 2. The molecule has 4 aliphatic rings. The molecule has 3 heterocycles. The van der Waals surface area contributed by atoms with Crippen LogP contribution in [0.15, 0.2) is 12.1 Å². The second-order valence-electron chi connectivity index (χ2n) is 9.56. The Bertz CT molecular complexity index is 922. The second-order valence-corrected chi connectivity index (χ2v) is 9.56. The van der Waals surface area contributed by atoms with Gasteiger partial charge in [0.15, 0.2) is 0 Å². The van der Waals surface area contributed by atoms with E-state index >= 15 is 0 Å². The number of alkyl halides is 2. The van der Waals surface area contributed by atoms with Gasteiger partial charge in [-0.3, -0.25) is 9.59 Å². The lowest BCUT2D eigenvalue weighted by atomic mass is 9.52. The summed E-state index contributed by atoms with van der Waals surface area (Å²) in [7, 11) is 0. The smallest absolute Gasteiger partial charge is 0.282 e. The number of ether oxygens (including phenoxy) is 2. The number of halogens is 2. The highest BCUT2D eigenvalue weighted by molar-refractivity contribution is 5.98. The van der Waals surface area contributed by atoms with Gasteiger partial charge in [0.25, 0.3) is 11.8 Å². The molecule has 31 heavy (non-hydrogen) atoms. The molecule has 2 amide bonds. The van der Waals surface area contributed by atoms with E-state index in [1.165, 1.54) is 11.0 Å². The monoisotopic (exact) mass is 436 g/mol. The average Bonchev–Trinajstić information content (AvgIpc) is 3.49. The molecule has 1 spiro atoms. The normalized spacial score (nSPS) is 33.1. The summed E-state index contributed by atoms with van der Waals surface area (Å²) >= 11 is 0. The van der Waals surface area contributed by atoms with Crippen molar-refractivity contribution in [2.75, 3.05) is 31.2 Å². The number of anilines is 1. The van der Waals surface area contributed by atoms with Gasteiger partial charge in [-0.05, 0) is 50.7 Å². The highest BCUT2D eigenvalue weighted by Crippen LogP contribution is 2.56. The lowest BCUT2D eigenvalue weighted by Gasteiger charge is -2.62. The lowest BCUT2D eigenvalue weighted by Crippen LogP contribution is -2.74. The Labute approximate surface area is 178 Å². The van der Waals surface area contributed by atoms with Crippen LogP contribution in [0.4, 0.5) is 14.5 Å². The van der Waals surface area contributed by atoms with E-state index in [1.54, 1.807) is 6.07 Å². The zero-order chi connectivity index (χ0) is 22.0. The van der Waals surface area contributed by atoms with E-state index in [1.807, 2.05) is 6.92 Å². The fourth-order valence-corrected chi connectivity index (χ4v) is 4.70. The number of aromatic nitrogens is 1. The molecule has 10 heteroatoms. The van der Waals surface area contributed by atoms with Crippen molar-refractivity contribution in [2.45, 2.75) is 50.2 Å². The van der Waals surface area contributed by atoms with Gasteiger partial charge in [-0.1, -0.05) is 0 Å². The standard InChI is InChI=1S/C21H26F2N4O4/c1-12-19(11-31-12)7-20(8-19,18(24)29)26-16(28)14-4-5-15(27-9-21(22,23)10-27)17(25-14)30-6-13-2-3-13/h4-5,12-13H,2-3,6-11H2,1H3,(H2,24,29)(H,26,28). The summed E-state index contributed by atoms with van der Waals surface area (Å²) in [5, 5.41) is 2.76. The van der Waals surface area contributed by atoms with E-state index in [4.69, 9.17) is 15.2 Å². The van der Waals surface area contributed by atoms with E-state index in [9.17, 15) is 18.4 Å². The number of primary amides is 1. The number of nitrogens with zero attached hydrogens (tertiary/aromatic N) is 2. The molecule has 0 radical (unpaired) electrons. The molecule has 5 rings (SSSR count). The number of nitrogens with one attached hydrogen (secondary N) is 1. The van der Waals surface area contributed by atoms with Gasteiger partial charge in [0.1, 0.15) is 16.9 Å². The Kier molecular flexibility index (Phi) is 4.45. The Hall–Kier alpha value is -2.49. The van der Waals surface area contributed by atoms with Crippen molar-refractivity contribution in [3.8, 4) is 5.88 Å². The number of carbonyl (C=O) groups excluding carboxylic acids is 2. The molecule has 0 aromatic carbocycles. The molecule has 4 fully saturated rings. The molecule has 2 aliphatic carbocycles. The summed E-state index contributed by atoms with van der Waals surface area (Å²) in [4.78, 5) is 30.9. The molecule has 2 saturated heterocycles. The van der Waals surface area contributed by atoms with Crippen LogP contribution >= 0.6 is 0 Å². The summed E-state index contributed by atoms with van der Waals surface area (Å²) in [5.41, 5.74) is 4.86. The predicted molar refractivity (Wildman–Crippen MR) is 106 cm³/mol. The van der Waals surface area contributed by atoms with Gasteiger partial charge in [0.05, 0.1) is 32.4 Å². The Balaban J connectivity index is 1.33. The van der Waals surface area contributed by atoms with Gasteiger partial charge in [0.2, 0.25) is 11.8 Å². The van der Waals surface area contributed by atoms with E-state index in [-0.39, 0.29) is 23.1 Å². The molecular weight excluding hydrogens is 410 g/mol. The van der Waals surface area contributed by atoms with Crippen LogP contribution in [0.25, 0.3) is 0 Å². The van der Waals surface area contributed by atoms with Gasteiger partial charge in [-0.25, -0.2) is 13.8 Å². The van der Waals surface area contributed by atoms with Crippen molar-refractivity contribution in [2.24, 2.45) is 17.1 Å². The first-order valence-electron chi connectivity index (χ1n) is 10.6. The number of rotatable bonds is 7. The summed E-state index contributed by atoms with van der Waals surface area (Å²) < 4.78 is 37.9. The highest BCUT2D eigenvalue weighted by atomic mass is 19.3. The van der Waals surface area contributed by atoms with Gasteiger partial charge >= 0.3 is 0 Å². The Morgan fingerprint density at radius 1 is 1.32 bits per heavy atom. The third-order valence-electron chi connectivity index (χ3n) is 7.03. The maximum atomic E-state index is 13.3. The van der Waals surface area contributed by atoms with E-state index in [2.05, 4.69) is 10.3 Å². The molecule has 1 unspecified atom stereocenters. The average molecular weight is 436 g/mol. The van der Waals surface area contributed by atoms with Crippen LogP contribution in [0.2, 0.25) is 0 Å². The minimum absolute atomic E-state index is 0.0198. The fraction of sp³-hybridized carbons (Fsp3) is 0.667. The van der Waals surface area contributed by atoms with E-state index < -0.39 is 36.4 Å². The number of hydrogen-bond donors (Lipinski definition) is 2. The Morgan fingerprint density at radius 2 is 2.03 bits per heavy atom. The molecular formula is C21H26F2N4O4. The molecule has 3 N–H and O–H groups in total. The molecule has 1 aromatic heterocycles. The molecule has 1 aromatic rings. The summed E-state index contributed by atoms with van der Waals surface area (Å²) in [6.45, 7) is 2.10. The van der Waals surface area contributed by atoms with Crippen LogP contribution in [-0.2, 0) is 9.53 Å². The van der Waals surface area contributed by atoms with Gasteiger partial charge in [-0.2, -0.15) is 0 Å². The fourth-order valence-electron chi connectivity index (χ4n) is 4.70. The topological polar surface area (TPSA) is 107 Å². The van der Waals surface area contributed by atoms with E-state index in [0.29, 0.717) is 37.7 Å². The molecule has 2 aliphatic heterocycles. The highest BCUT2D eigenvalue weighted by Gasteiger charge is 2.65. The third-order valence-corrected chi connectivity index (χ3v) is 7.03. The van der Waals surface area contributed by atoms with Crippen molar-refractivity contribution >= 4 is 17.5 Å². The summed E-state index contributed by atoms with van der Waals surface area (Å²) in [5.74, 6) is -3.27. The second kappa shape index (κ2) is 6.75. The van der Waals surface area contributed by atoms with Crippen LogP contribution in [0.1, 0.15) is 43.1 Å². The van der Waals surface area contributed by atoms with Crippen LogP contribution in [0, 0.1) is 11.3 Å². The van der Waals surface area contributed by atoms with Crippen LogP contribution in [-0.4, -0.2) is 60.7 Å². The zero-order valence-corrected chi connectivity index (χ0v) is 17.3. The molecule has 1 atom stereocenters. The van der Waals surface area contributed by atoms with Crippen LogP contribution < -0.4 is 20.7 Å². The lowest BCUT2D eigenvalue weighted by molar-refractivity contribution is -0.238. The number of carbonyl (C=O) groups is 2. The number of nitrogens with two attached hydrogens (primary N) is 1. The summed E-state index contributed by atoms with van der Waals surface area (Å²) in [6, 6.07) is 3.03. The minimum Gasteiger partial charge on any atom is -0.476 e. The summed E-state index contributed by atoms with van der Waals surface area (Å²) in [6.07, 6.45) is 2.99. The van der Waals surface area contributed by atoms with Gasteiger partial charge < -0.3 is 25.4 Å². The molecule has 2 saturated carbocycles. The van der Waals surface area contributed by atoms with Crippen molar-refractivity contribution in [3.05, 3.63) is 17.8 Å². The minimum atomic E-state index is -2.74. The maximum absolute atomic E-state index is 13.3. The van der Waals surface area contributed by atoms with E-state index in [0.717, 1.165) is 12.8 Å². The first-order valence-corrected chi connectivity index (χ1v) is 10.6. The molecule has 8 nitrogen and oxygen atoms in total. The van der Waals surface area contributed by atoms with Gasteiger partial charge in [0, 0.05) is 5.41 Å². The van der Waals surface area contributed by atoms with Crippen molar-refractivity contribution < 1.29 is 27.8 Å². The first-order chi connectivity index (χ1) is 14.6. The van der Waals surface area contributed by atoms with Crippen molar-refractivity contribution in [1.82, 2.24) is 10.3 Å². The maximum Gasteiger partial charge on any atom is 0.282 e. The predicted octanol–water partition coefficient (Wildman–Crippen LogP) is 1.48. The molecule has 168 valence electrons. The van der Waals surface area contributed by atoms with Crippen molar-refractivity contribution in [1.29, 1.82) is 0 Å². The largest absolute Gasteiger partial charge is 0.476 e. The SMILES string of the molecule is CC1OCC12CC(NC(=O)c1ccc(N3CC(F)(F)C3)c(OCC3CC3)n1)(C(N)=O)C2.